The van der Waals surface area contributed by atoms with Crippen LogP contribution in [0.1, 0.15) is 122 Å². The molecule has 0 aromatic heterocycles. The van der Waals surface area contributed by atoms with Crippen molar-refractivity contribution < 1.29 is 44.4 Å². The third-order valence-corrected chi connectivity index (χ3v) is 8.13. The maximum absolute atomic E-state index is 12.1. The number of nitrogens with one attached hydrogen (secondary N) is 3. The van der Waals surface area contributed by atoms with Crippen LogP contribution >= 0.6 is 0 Å². The van der Waals surface area contributed by atoms with Crippen LogP contribution in [0, 0.1) is 5.92 Å². The molecule has 1 fully saturated rings. The third kappa shape index (κ3) is 21.2. The van der Waals surface area contributed by atoms with Crippen molar-refractivity contribution in [2.75, 3.05) is 39.3 Å². The first-order valence-electron chi connectivity index (χ1n) is 17.3. The molecule has 6 amide bonds. The fraction of sp³-hybridized carbons (Fsp3) is 0.812. The van der Waals surface area contributed by atoms with Crippen molar-refractivity contribution in [2.24, 2.45) is 5.92 Å². The molecule has 0 radical (unpaired) electrons. The van der Waals surface area contributed by atoms with Crippen molar-refractivity contribution in [3.8, 4) is 0 Å². The fourth-order valence-corrected chi connectivity index (χ4v) is 5.15. The molecule has 0 aliphatic heterocycles. The highest BCUT2D eigenvalue weighted by molar-refractivity contribution is 5.83. The molecule has 1 aliphatic carbocycles. The predicted molar refractivity (Wildman–Crippen MR) is 172 cm³/mol. The summed E-state index contributed by atoms with van der Waals surface area (Å²) in [6, 6.07) is 0. The molecule has 270 valence electrons. The molecule has 1 rings (SSSR count). The molecule has 0 heterocycles. The first kappa shape index (κ1) is 41.7. The zero-order chi connectivity index (χ0) is 34.9. The molecule has 0 aromatic rings. The van der Waals surface area contributed by atoms with Crippen molar-refractivity contribution >= 4 is 35.4 Å². The summed E-state index contributed by atoms with van der Waals surface area (Å²) in [5, 5.41) is 39.4. The summed E-state index contributed by atoms with van der Waals surface area (Å²) in [6.45, 7) is 3.16. The molecule has 15 heteroatoms. The number of hydrogen-bond acceptors (Lipinski definition) is 9. The summed E-state index contributed by atoms with van der Waals surface area (Å²) in [7, 11) is 0. The molecule has 0 spiro atoms. The second kappa shape index (κ2) is 25.7. The zero-order valence-electron chi connectivity index (χ0n) is 28.2. The van der Waals surface area contributed by atoms with E-state index in [1.165, 1.54) is 13.3 Å². The van der Waals surface area contributed by atoms with Crippen molar-refractivity contribution in [1.82, 2.24) is 31.1 Å². The van der Waals surface area contributed by atoms with Gasteiger partial charge in [0, 0.05) is 77.8 Å². The lowest BCUT2D eigenvalue weighted by Crippen LogP contribution is -2.33. The minimum Gasteiger partial charge on any atom is -0.356 e. The molecule has 0 aromatic carbocycles. The Kier molecular flexibility index (Phi) is 22.9. The minimum absolute atomic E-state index is 0.0425. The monoisotopic (exact) mass is 670 g/mol. The van der Waals surface area contributed by atoms with Gasteiger partial charge in [0.1, 0.15) is 0 Å². The second-order valence-electron chi connectivity index (χ2n) is 12.2. The fourth-order valence-electron chi connectivity index (χ4n) is 5.15. The van der Waals surface area contributed by atoms with E-state index in [9.17, 15) is 44.4 Å². The zero-order valence-corrected chi connectivity index (χ0v) is 28.2. The number of carbonyl (C=O) groups excluding carboxylic acids is 6. The Bertz CT molecular complexity index is 961. The Balaban J connectivity index is 1.98. The lowest BCUT2D eigenvalue weighted by atomic mass is 9.89. The van der Waals surface area contributed by atoms with Crippen molar-refractivity contribution in [1.29, 1.82) is 0 Å². The van der Waals surface area contributed by atoms with Crippen molar-refractivity contribution in [3.63, 3.8) is 0 Å². The SMILES string of the molecule is CC(=O)N(O)CCCCCNC(=O)CCC(=O)N(O)CCCCCNC(=O)CCC(=O)N(O)CCCCCNC(=O)C1CCCCC1. The number of amides is 6. The van der Waals surface area contributed by atoms with Gasteiger partial charge in [0.15, 0.2) is 0 Å². The van der Waals surface area contributed by atoms with Crippen LogP contribution in [0.5, 0.6) is 0 Å². The second-order valence-corrected chi connectivity index (χ2v) is 12.2. The minimum atomic E-state index is -0.554. The van der Waals surface area contributed by atoms with E-state index in [1.54, 1.807) is 0 Å². The Morgan fingerprint density at radius 3 is 1.36 bits per heavy atom. The van der Waals surface area contributed by atoms with Crippen molar-refractivity contribution in [2.45, 2.75) is 122 Å². The van der Waals surface area contributed by atoms with Gasteiger partial charge in [-0.25, -0.2) is 15.2 Å². The third-order valence-electron chi connectivity index (χ3n) is 8.13. The van der Waals surface area contributed by atoms with Gasteiger partial charge in [0.25, 0.3) is 0 Å². The largest absolute Gasteiger partial charge is 0.356 e. The topological polar surface area (TPSA) is 209 Å². The summed E-state index contributed by atoms with van der Waals surface area (Å²) < 4.78 is 0. The first-order valence-corrected chi connectivity index (χ1v) is 17.3. The summed E-state index contributed by atoms with van der Waals surface area (Å²) in [4.78, 5) is 71.2. The number of unbranched alkanes of at least 4 members (excludes halogenated alkanes) is 6. The van der Waals surface area contributed by atoms with Gasteiger partial charge in [0.05, 0.1) is 0 Å². The molecular weight excluding hydrogens is 612 g/mol. The van der Waals surface area contributed by atoms with Crippen LogP contribution in [0.25, 0.3) is 0 Å². The highest BCUT2D eigenvalue weighted by Crippen LogP contribution is 2.23. The molecule has 0 unspecified atom stereocenters. The Morgan fingerprint density at radius 1 is 0.532 bits per heavy atom. The van der Waals surface area contributed by atoms with Gasteiger partial charge in [-0.05, 0) is 70.6 Å². The van der Waals surface area contributed by atoms with Gasteiger partial charge in [-0.1, -0.05) is 19.3 Å². The Labute approximate surface area is 278 Å². The van der Waals surface area contributed by atoms with Gasteiger partial charge in [-0.2, -0.15) is 0 Å². The highest BCUT2D eigenvalue weighted by Gasteiger charge is 2.20. The lowest BCUT2D eigenvalue weighted by Gasteiger charge is -2.20. The van der Waals surface area contributed by atoms with Gasteiger partial charge in [-0.3, -0.25) is 44.4 Å². The number of hydroxylamine groups is 6. The number of hydrogen-bond donors (Lipinski definition) is 6. The van der Waals surface area contributed by atoms with Crippen molar-refractivity contribution in [3.05, 3.63) is 0 Å². The van der Waals surface area contributed by atoms with Crippen LogP contribution in [0.15, 0.2) is 0 Å². The molecule has 15 nitrogen and oxygen atoms in total. The van der Waals surface area contributed by atoms with Gasteiger partial charge in [-0.15, -0.1) is 0 Å². The van der Waals surface area contributed by atoms with E-state index in [0.717, 1.165) is 38.5 Å². The Hall–Kier alpha value is -3.30. The standard InChI is InChI=1S/C32H58N6O9/c1-26(39)36(45)23-11-3-8-20-33-28(40)16-18-30(42)37(46)24-12-4-9-21-34-29(41)17-19-31(43)38(47)25-13-5-10-22-35-32(44)27-14-6-2-7-15-27/h27,45-47H,2-25H2,1H3,(H,33,40)(H,34,41)(H,35,44). The van der Waals surface area contributed by atoms with Gasteiger partial charge >= 0.3 is 0 Å². The molecule has 0 saturated heterocycles. The summed E-state index contributed by atoms with van der Waals surface area (Å²) in [5.41, 5.74) is 0. The number of nitrogens with zero attached hydrogens (tertiary/aromatic N) is 3. The average Bonchev–Trinajstić information content (AvgIpc) is 3.06. The maximum Gasteiger partial charge on any atom is 0.246 e. The molecule has 47 heavy (non-hydrogen) atoms. The van der Waals surface area contributed by atoms with Gasteiger partial charge < -0.3 is 16.0 Å². The molecule has 1 saturated carbocycles. The number of rotatable bonds is 25. The van der Waals surface area contributed by atoms with E-state index in [2.05, 4.69) is 16.0 Å². The summed E-state index contributed by atoms with van der Waals surface area (Å²) in [6.07, 6.45) is 10.9. The van der Waals surface area contributed by atoms with E-state index in [-0.39, 0.29) is 69.0 Å². The van der Waals surface area contributed by atoms with E-state index >= 15 is 0 Å². The van der Waals surface area contributed by atoms with Gasteiger partial charge in [0.2, 0.25) is 35.4 Å². The van der Waals surface area contributed by atoms with Crippen LogP contribution in [0.4, 0.5) is 0 Å². The lowest BCUT2D eigenvalue weighted by molar-refractivity contribution is -0.166. The van der Waals surface area contributed by atoms with E-state index in [1.807, 2.05) is 0 Å². The van der Waals surface area contributed by atoms with E-state index in [0.29, 0.717) is 79.8 Å². The summed E-state index contributed by atoms with van der Waals surface area (Å²) >= 11 is 0. The van der Waals surface area contributed by atoms with Crippen LogP contribution in [0.2, 0.25) is 0 Å². The number of carbonyl (C=O) groups is 6. The summed E-state index contributed by atoms with van der Waals surface area (Å²) in [5.74, 6) is -1.83. The van der Waals surface area contributed by atoms with E-state index < -0.39 is 17.7 Å². The normalized spacial score (nSPS) is 13.0. The van der Waals surface area contributed by atoms with E-state index in [4.69, 9.17) is 0 Å². The molecular formula is C32H58N6O9. The molecule has 0 bridgehead atoms. The van der Waals surface area contributed by atoms with Crippen LogP contribution in [0.3, 0.4) is 0 Å². The average molecular weight is 671 g/mol. The Morgan fingerprint density at radius 2 is 0.936 bits per heavy atom. The molecule has 0 atom stereocenters. The molecule has 1 aliphatic rings. The maximum atomic E-state index is 12.1. The van der Waals surface area contributed by atoms with Crippen LogP contribution in [-0.2, 0) is 28.8 Å². The van der Waals surface area contributed by atoms with Crippen LogP contribution in [-0.4, -0.2) is 106 Å². The molecule has 6 N–H and O–H groups in total. The highest BCUT2D eigenvalue weighted by atomic mass is 16.5. The van der Waals surface area contributed by atoms with Crippen LogP contribution < -0.4 is 16.0 Å². The first-order chi connectivity index (χ1) is 22.5. The predicted octanol–water partition coefficient (Wildman–Crippen LogP) is 2.66. The smallest absolute Gasteiger partial charge is 0.246 e. The quantitative estimate of drug-likeness (QED) is 0.0479.